The van der Waals surface area contributed by atoms with Gasteiger partial charge in [-0.15, -0.1) is 0 Å². The van der Waals surface area contributed by atoms with Crippen LogP contribution in [-0.4, -0.2) is 46.3 Å². The Morgan fingerprint density at radius 1 is 1.50 bits per heavy atom. The molecule has 0 radical (unpaired) electrons. The molecule has 1 unspecified atom stereocenters. The van der Waals surface area contributed by atoms with E-state index in [0.29, 0.717) is 16.2 Å². The molecule has 1 aliphatic rings. The molecule has 2 heterocycles. The normalized spacial score (nSPS) is 18.6. The molecule has 1 aromatic heterocycles. The average molecular weight is 342 g/mol. The second-order valence-electron chi connectivity index (χ2n) is 4.51. The van der Waals surface area contributed by atoms with Crippen molar-refractivity contribution in [2.24, 2.45) is 0 Å². The first-order valence-electron chi connectivity index (χ1n) is 6.36. The fourth-order valence-corrected chi connectivity index (χ4v) is 2.13. The lowest BCUT2D eigenvalue weighted by atomic mass is 10.2. The molecule has 1 saturated heterocycles. The van der Waals surface area contributed by atoms with E-state index in [2.05, 4.69) is 36.5 Å². The minimum atomic E-state index is -0.572. The second-order valence-corrected chi connectivity index (χ2v) is 5.36. The van der Waals surface area contributed by atoms with Gasteiger partial charge in [0.15, 0.2) is 0 Å². The van der Waals surface area contributed by atoms with Crippen LogP contribution in [0.2, 0.25) is 0 Å². The molecule has 2 rings (SSSR count). The van der Waals surface area contributed by atoms with Crippen LogP contribution in [0.25, 0.3) is 0 Å². The number of imide groups is 1. The predicted molar refractivity (Wildman–Crippen MR) is 78.3 cm³/mol. The van der Waals surface area contributed by atoms with Gasteiger partial charge in [-0.05, 0) is 22.4 Å². The molecule has 0 aliphatic carbocycles. The van der Waals surface area contributed by atoms with Crippen LogP contribution in [0, 0.1) is 0 Å². The number of carbonyl (C=O) groups is 2. The van der Waals surface area contributed by atoms with Gasteiger partial charge in [0.2, 0.25) is 11.9 Å². The molecule has 0 bridgehead atoms. The number of aromatic nitrogens is 2. The summed E-state index contributed by atoms with van der Waals surface area (Å²) in [5, 5.41) is 6.06. The Labute approximate surface area is 125 Å². The standard InChI is InChI=1S/C12H16BrN5O2/c1-3-4-14-12-15-6-7(13)10(17-12)16-8-5-9(19)18(2)11(8)20/h6,8H,3-5H2,1-2H3,(H2,14,15,16,17). The molecule has 108 valence electrons. The van der Waals surface area contributed by atoms with E-state index >= 15 is 0 Å². The van der Waals surface area contributed by atoms with Crippen molar-refractivity contribution in [1.82, 2.24) is 14.9 Å². The first kappa shape index (κ1) is 14.7. The highest BCUT2D eigenvalue weighted by atomic mass is 79.9. The van der Waals surface area contributed by atoms with E-state index in [0.717, 1.165) is 17.9 Å². The molecule has 0 saturated carbocycles. The summed E-state index contributed by atoms with van der Waals surface area (Å²) in [6.07, 6.45) is 2.71. The molecule has 0 spiro atoms. The number of hydrogen-bond donors (Lipinski definition) is 2. The molecular weight excluding hydrogens is 326 g/mol. The molecule has 0 aromatic carbocycles. The molecule has 2 N–H and O–H groups in total. The summed E-state index contributed by atoms with van der Waals surface area (Å²) in [4.78, 5) is 32.9. The van der Waals surface area contributed by atoms with Crippen LogP contribution in [0.15, 0.2) is 10.7 Å². The van der Waals surface area contributed by atoms with E-state index in [1.54, 1.807) is 6.20 Å². The van der Waals surface area contributed by atoms with E-state index in [4.69, 9.17) is 0 Å². The van der Waals surface area contributed by atoms with Crippen molar-refractivity contribution in [2.75, 3.05) is 24.2 Å². The van der Waals surface area contributed by atoms with E-state index in [9.17, 15) is 9.59 Å². The zero-order valence-electron chi connectivity index (χ0n) is 11.3. The van der Waals surface area contributed by atoms with Gasteiger partial charge < -0.3 is 10.6 Å². The first-order chi connectivity index (χ1) is 9.52. The number of rotatable bonds is 5. The topological polar surface area (TPSA) is 87.2 Å². The minimum Gasteiger partial charge on any atom is -0.357 e. The van der Waals surface area contributed by atoms with Gasteiger partial charge in [0.05, 0.1) is 10.9 Å². The van der Waals surface area contributed by atoms with Gasteiger partial charge >= 0.3 is 0 Å². The Balaban J connectivity index is 2.12. The zero-order valence-corrected chi connectivity index (χ0v) is 12.9. The number of anilines is 2. The van der Waals surface area contributed by atoms with Crippen LogP contribution in [0.1, 0.15) is 19.8 Å². The molecule has 1 aromatic rings. The van der Waals surface area contributed by atoms with Crippen molar-refractivity contribution in [2.45, 2.75) is 25.8 Å². The smallest absolute Gasteiger partial charge is 0.251 e. The minimum absolute atomic E-state index is 0.142. The summed E-state index contributed by atoms with van der Waals surface area (Å²) in [7, 11) is 1.48. The van der Waals surface area contributed by atoms with Gasteiger partial charge in [-0.25, -0.2) is 4.98 Å². The van der Waals surface area contributed by atoms with Crippen molar-refractivity contribution >= 4 is 39.5 Å². The van der Waals surface area contributed by atoms with Crippen molar-refractivity contribution in [1.29, 1.82) is 0 Å². The molecule has 20 heavy (non-hydrogen) atoms. The number of hydrogen-bond acceptors (Lipinski definition) is 6. The Kier molecular flexibility index (Phi) is 4.53. The van der Waals surface area contributed by atoms with Crippen molar-refractivity contribution < 1.29 is 9.59 Å². The van der Waals surface area contributed by atoms with Crippen molar-refractivity contribution in [3.05, 3.63) is 10.7 Å². The van der Waals surface area contributed by atoms with E-state index in [1.807, 2.05) is 6.92 Å². The second kappa shape index (κ2) is 6.17. The number of likely N-dealkylation sites (tertiary alicyclic amines) is 1. The van der Waals surface area contributed by atoms with E-state index in [1.165, 1.54) is 7.05 Å². The fourth-order valence-electron chi connectivity index (χ4n) is 1.82. The Morgan fingerprint density at radius 2 is 2.25 bits per heavy atom. The third-order valence-corrected chi connectivity index (χ3v) is 3.55. The summed E-state index contributed by atoms with van der Waals surface area (Å²) in [6, 6.07) is -0.572. The SMILES string of the molecule is CCCNc1ncc(Br)c(NC2CC(=O)N(C)C2=O)n1. The number of carbonyl (C=O) groups excluding carboxylic acids is 2. The summed E-state index contributed by atoms with van der Waals surface area (Å²) < 4.78 is 0.648. The largest absolute Gasteiger partial charge is 0.357 e. The van der Waals surface area contributed by atoms with Gasteiger partial charge in [0.1, 0.15) is 11.9 Å². The fraction of sp³-hybridized carbons (Fsp3) is 0.500. The lowest BCUT2D eigenvalue weighted by molar-refractivity contribution is -0.136. The zero-order chi connectivity index (χ0) is 14.7. The molecular formula is C12H16BrN5O2. The van der Waals surface area contributed by atoms with Crippen LogP contribution < -0.4 is 10.6 Å². The van der Waals surface area contributed by atoms with Gasteiger partial charge in [0.25, 0.3) is 5.91 Å². The highest BCUT2D eigenvalue weighted by Crippen LogP contribution is 2.23. The summed E-state index contributed by atoms with van der Waals surface area (Å²) in [5.74, 6) is 0.549. The van der Waals surface area contributed by atoms with E-state index in [-0.39, 0.29) is 18.2 Å². The Hall–Kier alpha value is -1.70. The first-order valence-corrected chi connectivity index (χ1v) is 7.15. The van der Waals surface area contributed by atoms with Gasteiger partial charge in [0, 0.05) is 19.8 Å². The average Bonchev–Trinajstić information content (AvgIpc) is 2.67. The third-order valence-electron chi connectivity index (χ3n) is 2.97. The van der Waals surface area contributed by atoms with Crippen LogP contribution in [0.4, 0.5) is 11.8 Å². The Bertz CT molecular complexity index is 537. The highest BCUT2D eigenvalue weighted by molar-refractivity contribution is 9.10. The maximum Gasteiger partial charge on any atom is 0.251 e. The third kappa shape index (κ3) is 3.06. The van der Waals surface area contributed by atoms with Crippen LogP contribution >= 0.6 is 15.9 Å². The predicted octanol–water partition coefficient (Wildman–Crippen LogP) is 1.23. The number of amides is 2. The summed E-state index contributed by atoms with van der Waals surface area (Å²) in [6.45, 7) is 2.81. The highest BCUT2D eigenvalue weighted by Gasteiger charge is 2.36. The number of halogens is 1. The van der Waals surface area contributed by atoms with Crippen LogP contribution in [-0.2, 0) is 9.59 Å². The molecule has 8 heteroatoms. The molecule has 1 aliphatic heterocycles. The maximum absolute atomic E-state index is 11.9. The van der Waals surface area contributed by atoms with Crippen molar-refractivity contribution in [3.63, 3.8) is 0 Å². The van der Waals surface area contributed by atoms with Crippen LogP contribution in [0.3, 0.4) is 0 Å². The lowest BCUT2D eigenvalue weighted by Crippen LogP contribution is -2.32. The molecule has 2 amide bonds. The maximum atomic E-state index is 11.9. The Morgan fingerprint density at radius 3 is 2.85 bits per heavy atom. The quantitative estimate of drug-likeness (QED) is 0.783. The number of likely N-dealkylation sites (N-methyl/N-ethyl adjacent to an activating group) is 1. The summed E-state index contributed by atoms with van der Waals surface area (Å²) in [5.41, 5.74) is 0. The molecule has 7 nitrogen and oxygen atoms in total. The molecule has 1 atom stereocenters. The van der Waals surface area contributed by atoms with Crippen LogP contribution in [0.5, 0.6) is 0 Å². The van der Waals surface area contributed by atoms with Crippen molar-refractivity contribution in [3.8, 4) is 0 Å². The van der Waals surface area contributed by atoms with Gasteiger partial charge in [-0.1, -0.05) is 6.92 Å². The van der Waals surface area contributed by atoms with E-state index < -0.39 is 6.04 Å². The number of nitrogens with zero attached hydrogens (tertiary/aromatic N) is 3. The summed E-state index contributed by atoms with van der Waals surface area (Å²) >= 11 is 3.33. The monoisotopic (exact) mass is 341 g/mol. The number of nitrogens with one attached hydrogen (secondary N) is 2. The van der Waals surface area contributed by atoms with Gasteiger partial charge in [-0.2, -0.15) is 4.98 Å². The van der Waals surface area contributed by atoms with Gasteiger partial charge in [-0.3, -0.25) is 14.5 Å². The lowest BCUT2D eigenvalue weighted by Gasteiger charge is -2.13. The molecule has 1 fully saturated rings.